The molecule has 1 heterocycles. The van der Waals surface area contributed by atoms with Crippen molar-refractivity contribution in [3.05, 3.63) is 53.1 Å². The standard InChI is InChI=1S/C20H23BN2O5S/c22-16-6-7-19(15(9-16)10-20(24)23-17-2-1-3-17)29(26,27)12-13-4-5-14-11-28-21(25)18(14)8-13/h4-9,17,25H,1-3,10-12,22H2,(H,23,24). The Kier molecular flexibility index (Phi) is 5.37. The van der Waals surface area contributed by atoms with Crippen LogP contribution in [0.2, 0.25) is 0 Å². The maximum atomic E-state index is 13.1. The Morgan fingerprint density at radius 1 is 1.24 bits per heavy atom. The zero-order valence-electron chi connectivity index (χ0n) is 15.9. The lowest BCUT2D eigenvalue weighted by Crippen LogP contribution is -2.40. The molecule has 7 nitrogen and oxygen atoms in total. The molecule has 0 saturated heterocycles. The van der Waals surface area contributed by atoms with Gasteiger partial charge in [-0.25, -0.2) is 8.42 Å². The van der Waals surface area contributed by atoms with Crippen LogP contribution < -0.4 is 16.5 Å². The van der Waals surface area contributed by atoms with Crippen molar-refractivity contribution >= 4 is 34.0 Å². The van der Waals surface area contributed by atoms with Crippen molar-refractivity contribution < 1.29 is 22.9 Å². The zero-order valence-corrected chi connectivity index (χ0v) is 16.7. The number of fused-ring (bicyclic) bond motifs is 1. The second kappa shape index (κ2) is 7.81. The first kappa shape index (κ1) is 19.9. The van der Waals surface area contributed by atoms with Crippen molar-refractivity contribution in [1.82, 2.24) is 5.32 Å². The van der Waals surface area contributed by atoms with E-state index in [1.807, 2.05) is 0 Å². The van der Waals surface area contributed by atoms with Crippen molar-refractivity contribution in [1.29, 1.82) is 0 Å². The smallest absolute Gasteiger partial charge is 0.423 e. The Labute approximate surface area is 170 Å². The predicted molar refractivity (Wildman–Crippen MR) is 110 cm³/mol. The van der Waals surface area contributed by atoms with Crippen LogP contribution >= 0.6 is 0 Å². The molecule has 0 bridgehead atoms. The fraction of sp³-hybridized carbons (Fsp3) is 0.350. The summed E-state index contributed by atoms with van der Waals surface area (Å²) in [5.41, 5.74) is 8.64. The van der Waals surface area contributed by atoms with Crippen LogP contribution in [-0.4, -0.2) is 32.5 Å². The van der Waals surface area contributed by atoms with Crippen LogP contribution in [0.5, 0.6) is 0 Å². The number of sulfone groups is 1. The number of amides is 1. The Morgan fingerprint density at radius 3 is 2.76 bits per heavy atom. The molecular weight excluding hydrogens is 391 g/mol. The van der Waals surface area contributed by atoms with Gasteiger partial charge in [0, 0.05) is 11.7 Å². The van der Waals surface area contributed by atoms with Crippen LogP contribution in [0.15, 0.2) is 41.3 Å². The predicted octanol–water partition coefficient (Wildman–Crippen LogP) is 0.672. The Morgan fingerprint density at radius 2 is 2.03 bits per heavy atom. The fourth-order valence-electron chi connectivity index (χ4n) is 3.70. The summed E-state index contributed by atoms with van der Waals surface area (Å²) in [5.74, 6) is -0.441. The molecule has 1 aliphatic carbocycles. The van der Waals surface area contributed by atoms with E-state index in [0.717, 1.165) is 24.8 Å². The number of nitrogens with one attached hydrogen (secondary N) is 1. The lowest BCUT2D eigenvalue weighted by molar-refractivity contribution is -0.121. The minimum absolute atomic E-state index is 0.0349. The van der Waals surface area contributed by atoms with Crippen LogP contribution in [0, 0.1) is 0 Å². The molecule has 9 heteroatoms. The highest BCUT2D eigenvalue weighted by Gasteiger charge is 2.29. The summed E-state index contributed by atoms with van der Waals surface area (Å²) in [4.78, 5) is 12.4. The fourth-order valence-corrected chi connectivity index (χ4v) is 5.28. The van der Waals surface area contributed by atoms with Gasteiger partial charge in [-0.1, -0.05) is 18.2 Å². The van der Waals surface area contributed by atoms with Gasteiger partial charge >= 0.3 is 7.12 Å². The molecule has 2 aromatic carbocycles. The van der Waals surface area contributed by atoms with Gasteiger partial charge in [0.1, 0.15) is 0 Å². The number of hydrogen-bond donors (Lipinski definition) is 3. The van der Waals surface area contributed by atoms with Crippen LogP contribution in [0.1, 0.15) is 36.0 Å². The molecule has 29 heavy (non-hydrogen) atoms. The molecule has 0 spiro atoms. The first-order chi connectivity index (χ1) is 13.8. The molecule has 152 valence electrons. The Balaban J connectivity index is 1.57. The molecule has 1 amide bonds. The first-order valence-corrected chi connectivity index (χ1v) is 11.3. The molecule has 0 radical (unpaired) electrons. The van der Waals surface area contributed by atoms with Gasteiger partial charge in [-0.2, -0.15) is 0 Å². The molecule has 0 aromatic heterocycles. The maximum Gasteiger partial charge on any atom is 0.491 e. The molecule has 0 unspecified atom stereocenters. The summed E-state index contributed by atoms with van der Waals surface area (Å²) in [5, 5.41) is 12.8. The number of nitrogens with two attached hydrogens (primary N) is 1. The van der Waals surface area contributed by atoms with E-state index in [0.29, 0.717) is 28.9 Å². The summed E-state index contributed by atoms with van der Waals surface area (Å²) < 4.78 is 31.4. The molecule has 4 N–H and O–H groups in total. The molecule has 2 aliphatic rings. The first-order valence-electron chi connectivity index (χ1n) is 9.64. The number of anilines is 1. The number of benzene rings is 2. The van der Waals surface area contributed by atoms with Gasteiger partial charge in [-0.15, -0.1) is 0 Å². The average molecular weight is 414 g/mol. The van der Waals surface area contributed by atoms with E-state index in [9.17, 15) is 18.2 Å². The van der Waals surface area contributed by atoms with E-state index in [4.69, 9.17) is 10.4 Å². The molecule has 1 aliphatic heterocycles. The summed E-state index contributed by atoms with van der Waals surface area (Å²) in [6.45, 7) is 0.307. The molecule has 1 fully saturated rings. The van der Waals surface area contributed by atoms with Crippen molar-refractivity contribution in [3.8, 4) is 0 Å². The van der Waals surface area contributed by atoms with E-state index in [2.05, 4.69) is 5.32 Å². The number of nitrogen functional groups attached to an aromatic ring is 1. The van der Waals surface area contributed by atoms with Crippen molar-refractivity contribution in [3.63, 3.8) is 0 Å². The average Bonchev–Trinajstić information content (AvgIpc) is 2.98. The lowest BCUT2D eigenvalue weighted by atomic mass is 9.79. The minimum Gasteiger partial charge on any atom is -0.423 e. The highest BCUT2D eigenvalue weighted by atomic mass is 32.2. The van der Waals surface area contributed by atoms with E-state index >= 15 is 0 Å². The normalized spacial score (nSPS) is 16.4. The van der Waals surface area contributed by atoms with Crippen LogP contribution in [0.4, 0.5) is 5.69 Å². The largest absolute Gasteiger partial charge is 0.491 e. The number of carbonyl (C=O) groups is 1. The summed E-state index contributed by atoms with van der Waals surface area (Å²) in [6, 6.07) is 9.87. The number of rotatable bonds is 6. The third kappa shape index (κ3) is 4.31. The maximum absolute atomic E-state index is 13.1. The van der Waals surface area contributed by atoms with Crippen LogP contribution in [-0.2, 0) is 38.1 Å². The SMILES string of the molecule is Nc1ccc(S(=O)(=O)Cc2ccc3c(c2)B(O)OC3)c(CC(=O)NC2CCC2)c1. The quantitative estimate of drug-likeness (QED) is 0.472. The molecule has 1 saturated carbocycles. The summed E-state index contributed by atoms with van der Waals surface area (Å²) in [7, 11) is -4.75. The monoisotopic (exact) mass is 414 g/mol. The Bertz CT molecular complexity index is 1050. The van der Waals surface area contributed by atoms with E-state index in [1.165, 1.54) is 12.1 Å². The number of carbonyl (C=O) groups excluding carboxylic acids is 1. The second-order valence-corrected chi connectivity index (χ2v) is 9.65. The molecular formula is C20H23BN2O5S. The Hall–Kier alpha value is -2.36. The minimum atomic E-state index is -3.72. The third-order valence-corrected chi connectivity index (χ3v) is 7.25. The van der Waals surface area contributed by atoms with Gasteiger partial charge in [0.2, 0.25) is 5.91 Å². The van der Waals surface area contributed by atoms with Crippen molar-refractivity contribution in [2.75, 3.05) is 5.73 Å². The molecule has 4 rings (SSSR count). The van der Waals surface area contributed by atoms with E-state index in [1.54, 1.807) is 24.3 Å². The van der Waals surface area contributed by atoms with Gasteiger partial charge in [0.15, 0.2) is 9.84 Å². The zero-order chi connectivity index (χ0) is 20.6. The van der Waals surface area contributed by atoms with E-state index < -0.39 is 17.0 Å². The van der Waals surface area contributed by atoms with Gasteiger partial charge in [0.25, 0.3) is 0 Å². The van der Waals surface area contributed by atoms with Crippen LogP contribution in [0.3, 0.4) is 0 Å². The lowest BCUT2D eigenvalue weighted by Gasteiger charge is -2.26. The molecule has 2 aromatic rings. The van der Waals surface area contributed by atoms with Crippen molar-refractivity contribution in [2.24, 2.45) is 0 Å². The van der Waals surface area contributed by atoms with Gasteiger partial charge in [-0.05, 0) is 59.6 Å². The highest BCUT2D eigenvalue weighted by Crippen LogP contribution is 2.25. The molecule has 0 atom stereocenters. The summed E-state index contributed by atoms with van der Waals surface area (Å²) >= 11 is 0. The second-order valence-electron chi connectivity index (χ2n) is 7.69. The van der Waals surface area contributed by atoms with Gasteiger partial charge in [0.05, 0.1) is 23.7 Å². The summed E-state index contributed by atoms with van der Waals surface area (Å²) in [6.07, 6.45) is 2.99. The van der Waals surface area contributed by atoms with Gasteiger partial charge in [-0.3, -0.25) is 4.79 Å². The van der Waals surface area contributed by atoms with E-state index in [-0.39, 0.29) is 29.0 Å². The highest BCUT2D eigenvalue weighted by molar-refractivity contribution is 7.90. The van der Waals surface area contributed by atoms with Crippen LogP contribution in [0.25, 0.3) is 0 Å². The third-order valence-electron chi connectivity index (χ3n) is 5.47. The van der Waals surface area contributed by atoms with Gasteiger partial charge < -0.3 is 20.7 Å². The van der Waals surface area contributed by atoms with Crippen molar-refractivity contribution in [2.45, 2.75) is 49.0 Å². The topological polar surface area (TPSA) is 119 Å². The number of hydrogen-bond acceptors (Lipinski definition) is 6.